The summed E-state index contributed by atoms with van der Waals surface area (Å²) in [4.78, 5) is 2.28. The number of hydrogen-bond acceptors (Lipinski definition) is 3. The van der Waals surface area contributed by atoms with Crippen LogP contribution in [0.3, 0.4) is 0 Å². The van der Waals surface area contributed by atoms with Crippen molar-refractivity contribution >= 4 is 0 Å². The van der Waals surface area contributed by atoms with Crippen LogP contribution >= 0.6 is 0 Å². The van der Waals surface area contributed by atoms with E-state index < -0.39 is 0 Å². The number of nitrogens with zero attached hydrogens (tertiary/aromatic N) is 1. The summed E-state index contributed by atoms with van der Waals surface area (Å²) in [5.41, 5.74) is 6.80. The van der Waals surface area contributed by atoms with E-state index in [0.29, 0.717) is 0 Å². The van der Waals surface area contributed by atoms with Crippen molar-refractivity contribution in [2.24, 2.45) is 5.73 Å². The molecule has 0 aromatic heterocycles. The predicted molar refractivity (Wildman–Crippen MR) is 72.2 cm³/mol. The van der Waals surface area contributed by atoms with Crippen LogP contribution in [0, 0.1) is 0 Å². The Labute approximate surface area is 105 Å². The Balaban J connectivity index is 2.44. The van der Waals surface area contributed by atoms with E-state index in [2.05, 4.69) is 24.1 Å². The van der Waals surface area contributed by atoms with Gasteiger partial charge >= 0.3 is 0 Å². The van der Waals surface area contributed by atoms with Crippen molar-refractivity contribution in [3.05, 3.63) is 29.8 Å². The largest absolute Gasteiger partial charge is 0.491 e. The lowest BCUT2D eigenvalue weighted by atomic mass is 10.2. The van der Waals surface area contributed by atoms with E-state index in [4.69, 9.17) is 10.5 Å². The number of benzene rings is 1. The van der Waals surface area contributed by atoms with E-state index in [0.717, 1.165) is 31.8 Å². The summed E-state index contributed by atoms with van der Waals surface area (Å²) in [6.07, 6.45) is 1.28. The van der Waals surface area contributed by atoms with Gasteiger partial charge in [-0.1, -0.05) is 12.1 Å². The Morgan fingerprint density at radius 1 is 1.24 bits per heavy atom. The van der Waals surface area contributed by atoms with Gasteiger partial charge in [-0.15, -0.1) is 0 Å². The maximum absolute atomic E-state index is 5.61. The molecule has 0 aliphatic heterocycles. The van der Waals surface area contributed by atoms with Crippen LogP contribution in [-0.2, 0) is 6.54 Å². The molecule has 0 radical (unpaired) electrons. The Hall–Kier alpha value is -1.06. The third-order valence-corrected chi connectivity index (χ3v) is 2.49. The van der Waals surface area contributed by atoms with Gasteiger partial charge in [0.25, 0.3) is 0 Å². The van der Waals surface area contributed by atoms with Crippen molar-refractivity contribution in [3.63, 3.8) is 0 Å². The van der Waals surface area contributed by atoms with Crippen LogP contribution in [0.2, 0.25) is 0 Å². The molecule has 0 aliphatic rings. The topological polar surface area (TPSA) is 38.5 Å². The van der Waals surface area contributed by atoms with Crippen LogP contribution in [0.5, 0.6) is 5.75 Å². The molecule has 3 nitrogen and oxygen atoms in total. The van der Waals surface area contributed by atoms with Crippen LogP contribution in [0.25, 0.3) is 0 Å². The van der Waals surface area contributed by atoms with E-state index >= 15 is 0 Å². The highest BCUT2D eigenvalue weighted by molar-refractivity contribution is 5.27. The minimum Gasteiger partial charge on any atom is -0.491 e. The fraction of sp³-hybridized carbons (Fsp3) is 0.571. The molecule has 0 atom stereocenters. The molecule has 3 heteroatoms. The van der Waals surface area contributed by atoms with Gasteiger partial charge in [0.05, 0.1) is 6.10 Å². The van der Waals surface area contributed by atoms with Crippen molar-refractivity contribution in [1.29, 1.82) is 0 Å². The summed E-state index contributed by atoms with van der Waals surface area (Å²) in [7, 11) is 2.12. The van der Waals surface area contributed by atoms with Crippen LogP contribution in [0.15, 0.2) is 24.3 Å². The van der Waals surface area contributed by atoms with Gasteiger partial charge in [0, 0.05) is 6.54 Å². The van der Waals surface area contributed by atoms with Gasteiger partial charge in [-0.05, 0) is 58.1 Å². The Bertz CT molecular complexity index is 309. The summed E-state index contributed by atoms with van der Waals surface area (Å²) in [5.74, 6) is 0.938. The lowest BCUT2D eigenvalue weighted by molar-refractivity contribution is 0.242. The van der Waals surface area contributed by atoms with Crippen molar-refractivity contribution in [2.75, 3.05) is 20.1 Å². The van der Waals surface area contributed by atoms with Gasteiger partial charge in [0.1, 0.15) is 5.75 Å². The van der Waals surface area contributed by atoms with Crippen LogP contribution in [0.1, 0.15) is 25.8 Å². The molecule has 0 saturated heterocycles. The molecular weight excluding hydrogens is 212 g/mol. The molecule has 96 valence electrons. The molecule has 1 aromatic rings. The molecule has 0 unspecified atom stereocenters. The smallest absolute Gasteiger partial charge is 0.119 e. The molecule has 1 aromatic carbocycles. The van der Waals surface area contributed by atoms with Gasteiger partial charge < -0.3 is 15.4 Å². The Morgan fingerprint density at radius 2 is 1.88 bits per heavy atom. The van der Waals surface area contributed by atoms with Crippen molar-refractivity contribution < 1.29 is 4.74 Å². The van der Waals surface area contributed by atoms with Crippen molar-refractivity contribution in [2.45, 2.75) is 32.9 Å². The number of rotatable bonds is 7. The molecule has 0 bridgehead atoms. The number of hydrogen-bond donors (Lipinski definition) is 1. The molecular formula is C14H24N2O. The molecule has 0 spiro atoms. The zero-order valence-corrected chi connectivity index (χ0v) is 11.1. The van der Waals surface area contributed by atoms with E-state index in [1.165, 1.54) is 5.56 Å². The third-order valence-electron chi connectivity index (χ3n) is 2.49. The fourth-order valence-corrected chi connectivity index (χ4v) is 1.70. The molecule has 2 N–H and O–H groups in total. The maximum Gasteiger partial charge on any atom is 0.119 e. The van der Waals surface area contributed by atoms with Gasteiger partial charge in [0.15, 0.2) is 0 Å². The monoisotopic (exact) mass is 236 g/mol. The summed E-state index contributed by atoms with van der Waals surface area (Å²) >= 11 is 0. The quantitative estimate of drug-likeness (QED) is 0.789. The molecule has 0 amide bonds. The van der Waals surface area contributed by atoms with E-state index in [-0.39, 0.29) is 6.10 Å². The fourth-order valence-electron chi connectivity index (χ4n) is 1.70. The van der Waals surface area contributed by atoms with Crippen LogP contribution in [-0.4, -0.2) is 31.1 Å². The molecule has 0 aliphatic carbocycles. The lowest BCUT2D eigenvalue weighted by Gasteiger charge is -2.16. The standard InChI is InChI=1S/C14H24N2O/c1-12(2)17-14-7-5-13(6-8-14)11-16(3)10-4-9-15/h5-8,12H,4,9-11,15H2,1-3H3. The van der Waals surface area contributed by atoms with Crippen molar-refractivity contribution in [3.8, 4) is 5.75 Å². The highest BCUT2D eigenvalue weighted by Crippen LogP contribution is 2.14. The Kier molecular flexibility index (Phi) is 6.01. The molecule has 1 rings (SSSR count). The second-order valence-corrected chi connectivity index (χ2v) is 4.69. The summed E-state index contributed by atoms with van der Waals surface area (Å²) in [6.45, 7) is 6.83. The number of nitrogens with two attached hydrogens (primary N) is 1. The first-order valence-corrected chi connectivity index (χ1v) is 6.26. The minimum atomic E-state index is 0.230. The van der Waals surface area contributed by atoms with E-state index in [1.807, 2.05) is 26.0 Å². The van der Waals surface area contributed by atoms with Crippen LogP contribution in [0.4, 0.5) is 0 Å². The van der Waals surface area contributed by atoms with E-state index in [1.54, 1.807) is 0 Å². The number of ether oxygens (including phenoxy) is 1. The first-order chi connectivity index (χ1) is 8.11. The highest BCUT2D eigenvalue weighted by Gasteiger charge is 2.01. The molecule has 0 heterocycles. The maximum atomic E-state index is 5.61. The average Bonchev–Trinajstić information content (AvgIpc) is 2.28. The zero-order chi connectivity index (χ0) is 12.7. The lowest BCUT2D eigenvalue weighted by Crippen LogP contribution is -2.21. The summed E-state index contributed by atoms with van der Waals surface area (Å²) < 4.78 is 5.61. The molecule has 17 heavy (non-hydrogen) atoms. The summed E-state index contributed by atoms with van der Waals surface area (Å²) in [5, 5.41) is 0. The van der Waals surface area contributed by atoms with Crippen LogP contribution < -0.4 is 10.5 Å². The van der Waals surface area contributed by atoms with E-state index in [9.17, 15) is 0 Å². The van der Waals surface area contributed by atoms with Gasteiger partial charge in [0.2, 0.25) is 0 Å². The SMILES string of the molecule is CC(C)Oc1ccc(CN(C)CCCN)cc1. The normalized spacial score (nSPS) is 11.2. The second kappa shape index (κ2) is 7.30. The molecule has 0 fully saturated rings. The van der Waals surface area contributed by atoms with Gasteiger partial charge in [-0.3, -0.25) is 0 Å². The average molecular weight is 236 g/mol. The predicted octanol–water partition coefficient (Wildman–Crippen LogP) is 2.25. The Morgan fingerprint density at radius 3 is 2.41 bits per heavy atom. The highest BCUT2D eigenvalue weighted by atomic mass is 16.5. The molecule has 0 saturated carbocycles. The zero-order valence-electron chi connectivity index (χ0n) is 11.1. The minimum absolute atomic E-state index is 0.230. The second-order valence-electron chi connectivity index (χ2n) is 4.69. The first kappa shape index (κ1) is 14.0. The first-order valence-electron chi connectivity index (χ1n) is 6.26. The van der Waals surface area contributed by atoms with Gasteiger partial charge in [-0.2, -0.15) is 0 Å². The van der Waals surface area contributed by atoms with Gasteiger partial charge in [-0.25, -0.2) is 0 Å². The summed E-state index contributed by atoms with van der Waals surface area (Å²) in [6, 6.07) is 8.31. The van der Waals surface area contributed by atoms with Crippen molar-refractivity contribution in [1.82, 2.24) is 4.90 Å². The third kappa shape index (κ3) is 5.71.